The highest BCUT2D eigenvalue weighted by atomic mass is 19.1. The third-order valence-electron chi connectivity index (χ3n) is 2.54. The van der Waals surface area contributed by atoms with Gasteiger partial charge in [0.2, 0.25) is 0 Å². The molecule has 0 aromatic heterocycles. The molecule has 0 bridgehead atoms. The fourth-order valence-electron chi connectivity index (χ4n) is 1.62. The smallest absolute Gasteiger partial charge is 0.144 e. The van der Waals surface area contributed by atoms with Gasteiger partial charge in [-0.25, -0.2) is 4.39 Å². The van der Waals surface area contributed by atoms with Gasteiger partial charge in [0.15, 0.2) is 0 Å². The number of methoxy groups -OCH3 is 1. The molecule has 0 fully saturated rings. The second kappa shape index (κ2) is 6.46. The van der Waals surface area contributed by atoms with Gasteiger partial charge in [-0.1, -0.05) is 30.0 Å². The van der Waals surface area contributed by atoms with E-state index in [4.69, 9.17) is 4.74 Å². The van der Waals surface area contributed by atoms with Gasteiger partial charge in [-0.15, -0.1) is 0 Å². The first-order valence-electron chi connectivity index (χ1n) is 5.91. The summed E-state index contributed by atoms with van der Waals surface area (Å²) in [6.45, 7) is 0.469. The van der Waals surface area contributed by atoms with E-state index in [1.165, 1.54) is 19.2 Å². The molecule has 0 aliphatic heterocycles. The largest absolute Gasteiger partial charge is 0.494 e. The number of rotatable bonds is 3. The van der Waals surface area contributed by atoms with Gasteiger partial charge in [0.05, 0.1) is 19.3 Å². The van der Waals surface area contributed by atoms with Crippen molar-refractivity contribution < 1.29 is 9.13 Å². The molecule has 0 saturated heterocycles. The Hall–Kier alpha value is -2.47. The van der Waals surface area contributed by atoms with E-state index in [0.717, 1.165) is 11.3 Å². The average Bonchev–Trinajstić information content (AvgIpc) is 2.46. The molecule has 2 nitrogen and oxygen atoms in total. The molecule has 2 aromatic rings. The normalized spacial score (nSPS) is 9.37. The van der Waals surface area contributed by atoms with Crippen LogP contribution >= 0.6 is 0 Å². The summed E-state index contributed by atoms with van der Waals surface area (Å²) in [6, 6.07) is 14.1. The van der Waals surface area contributed by atoms with Crippen LogP contribution in [0.2, 0.25) is 0 Å². The van der Waals surface area contributed by atoms with Crippen molar-refractivity contribution >= 4 is 5.69 Å². The van der Waals surface area contributed by atoms with Crippen molar-refractivity contribution in [3.05, 3.63) is 59.9 Å². The summed E-state index contributed by atoms with van der Waals surface area (Å²) in [7, 11) is 1.51. The van der Waals surface area contributed by atoms with E-state index in [2.05, 4.69) is 17.2 Å². The maximum atomic E-state index is 13.0. The number of nitrogens with one attached hydrogen (secondary N) is 1. The van der Waals surface area contributed by atoms with Crippen LogP contribution in [0.1, 0.15) is 5.56 Å². The van der Waals surface area contributed by atoms with Crippen LogP contribution in [0, 0.1) is 17.7 Å². The van der Waals surface area contributed by atoms with Crippen LogP contribution in [0.3, 0.4) is 0 Å². The first kappa shape index (κ1) is 13.0. The van der Waals surface area contributed by atoms with Gasteiger partial charge in [0.1, 0.15) is 11.6 Å². The van der Waals surface area contributed by atoms with Crippen LogP contribution in [0.5, 0.6) is 5.75 Å². The monoisotopic (exact) mass is 255 g/mol. The highest BCUT2D eigenvalue weighted by Crippen LogP contribution is 2.24. The van der Waals surface area contributed by atoms with E-state index in [1.807, 2.05) is 30.3 Å². The van der Waals surface area contributed by atoms with Crippen LogP contribution in [0.4, 0.5) is 10.1 Å². The van der Waals surface area contributed by atoms with Crippen molar-refractivity contribution in [1.29, 1.82) is 0 Å². The summed E-state index contributed by atoms with van der Waals surface area (Å²) < 4.78 is 18.1. The third-order valence-corrected chi connectivity index (χ3v) is 2.54. The molecular formula is C16H14FNO. The number of hydrogen-bond donors (Lipinski definition) is 1. The van der Waals surface area contributed by atoms with Crippen LogP contribution in [0.15, 0.2) is 48.5 Å². The molecule has 0 radical (unpaired) electrons. The second-order valence-corrected chi connectivity index (χ2v) is 3.87. The molecule has 0 unspecified atom stereocenters. The van der Waals surface area contributed by atoms with Crippen LogP contribution in [0.25, 0.3) is 0 Å². The van der Waals surface area contributed by atoms with Gasteiger partial charge >= 0.3 is 0 Å². The van der Waals surface area contributed by atoms with Crippen molar-refractivity contribution in [2.45, 2.75) is 0 Å². The molecule has 0 aliphatic carbocycles. The lowest BCUT2D eigenvalue weighted by Gasteiger charge is -2.08. The molecule has 0 spiro atoms. The minimum absolute atomic E-state index is 0.322. The molecule has 0 saturated carbocycles. The van der Waals surface area contributed by atoms with E-state index >= 15 is 0 Å². The Kier molecular flexibility index (Phi) is 4.41. The summed E-state index contributed by atoms with van der Waals surface area (Å²) >= 11 is 0. The van der Waals surface area contributed by atoms with Crippen molar-refractivity contribution in [3.8, 4) is 17.6 Å². The molecule has 96 valence electrons. The van der Waals surface area contributed by atoms with E-state index in [9.17, 15) is 4.39 Å². The van der Waals surface area contributed by atoms with E-state index in [0.29, 0.717) is 12.3 Å². The van der Waals surface area contributed by atoms with Crippen molar-refractivity contribution in [3.63, 3.8) is 0 Å². The zero-order valence-electron chi connectivity index (χ0n) is 10.6. The van der Waals surface area contributed by atoms with Crippen molar-refractivity contribution in [2.75, 3.05) is 19.0 Å². The molecule has 19 heavy (non-hydrogen) atoms. The fraction of sp³-hybridized carbons (Fsp3) is 0.125. The molecule has 0 heterocycles. The van der Waals surface area contributed by atoms with Gasteiger partial charge < -0.3 is 10.1 Å². The quantitative estimate of drug-likeness (QED) is 0.850. The SMILES string of the molecule is COc1cc(F)ccc1NCC#Cc1ccccc1. The van der Waals surface area contributed by atoms with Crippen LogP contribution < -0.4 is 10.1 Å². The van der Waals surface area contributed by atoms with Gasteiger partial charge in [-0.3, -0.25) is 0 Å². The Morgan fingerprint density at radius 3 is 2.68 bits per heavy atom. The van der Waals surface area contributed by atoms with Gasteiger partial charge in [-0.05, 0) is 24.3 Å². The Morgan fingerprint density at radius 2 is 1.95 bits per heavy atom. The molecule has 3 heteroatoms. The van der Waals surface area contributed by atoms with Crippen molar-refractivity contribution in [2.24, 2.45) is 0 Å². The summed E-state index contributed by atoms with van der Waals surface area (Å²) in [4.78, 5) is 0. The molecule has 0 aliphatic rings. The van der Waals surface area contributed by atoms with E-state index in [-0.39, 0.29) is 5.82 Å². The number of anilines is 1. The molecule has 1 N–H and O–H groups in total. The Bertz CT molecular complexity index is 599. The number of ether oxygens (including phenoxy) is 1. The van der Waals surface area contributed by atoms with Gasteiger partial charge in [0.25, 0.3) is 0 Å². The molecule has 0 amide bonds. The van der Waals surface area contributed by atoms with E-state index in [1.54, 1.807) is 6.07 Å². The second-order valence-electron chi connectivity index (χ2n) is 3.87. The number of hydrogen-bond acceptors (Lipinski definition) is 2. The Labute approximate surface area is 112 Å². The Morgan fingerprint density at radius 1 is 1.16 bits per heavy atom. The molecule has 0 atom stereocenters. The topological polar surface area (TPSA) is 21.3 Å². The predicted octanol–water partition coefficient (Wildman–Crippen LogP) is 3.30. The lowest BCUT2D eigenvalue weighted by molar-refractivity contribution is 0.413. The zero-order valence-corrected chi connectivity index (χ0v) is 10.6. The fourth-order valence-corrected chi connectivity index (χ4v) is 1.62. The van der Waals surface area contributed by atoms with Gasteiger partial charge in [-0.2, -0.15) is 0 Å². The number of benzene rings is 2. The van der Waals surface area contributed by atoms with Crippen molar-refractivity contribution in [1.82, 2.24) is 0 Å². The highest BCUT2D eigenvalue weighted by Gasteiger charge is 2.02. The minimum atomic E-state index is -0.322. The lowest BCUT2D eigenvalue weighted by Crippen LogP contribution is -2.01. The predicted molar refractivity (Wildman–Crippen MR) is 74.8 cm³/mol. The summed E-state index contributed by atoms with van der Waals surface area (Å²) in [5.41, 5.74) is 1.70. The standard InChI is InChI=1S/C16H14FNO/c1-19-16-12-14(17)9-10-15(16)18-11-5-8-13-6-3-2-4-7-13/h2-4,6-7,9-10,12,18H,11H2,1H3. The zero-order chi connectivity index (χ0) is 13.5. The molecular weight excluding hydrogens is 241 g/mol. The van der Waals surface area contributed by atoms with E-state index < -0.39 is 0 Å². The van der Waals surface area contributed by atoms with Gasteiger partial charge in [0, 0.05) is 11.6 Å². The maximum Gasteiger partial charge on any atom is 0.144 e. The number of halogens is 1. The maximum absolute atomic E-state index is 13.0. The first-order valence-corrected chi connectivity index (χ1v) is 5.91. The Balaban J connectivity index is 1.98. The third kappa shape index (κ3) is 3.75. The summed E-state index contributed by atoms with van der Waals surface area (Å²) in [5, 5.41) is 3.10. The highest BCUT2D eigenvalue weighted by molar-refractivity contribution is 5.57. The minimum Gasteiger partial charge on any atom is -0.494 e. The first-order chi connectivity index (χ1) is 9.29. The van der Waals surface area contributed by atoms with Crippen LogP contribution in [-0.4, -0.2) is 13.7 Å². The summed E-state index contributed by atoms with van der Waals surface area (Å²) in [6.07, 6.45) is 0. The lowest BCUT2D eigenvalue weighted by atomic mass is 10.2. The molecule has 2 aromatic carbocycles. The average molecular weight is 255 g/mol. The summed E-state index contributed by atoms with van der Waals surface area (Å²) in [5.74, 6) is 6.19. The molecule has 2 rings (SSSR count). The van der Waals surface area contributed by atoms with Crippen LogP contribution in [-0.2, 0) is 0 Å².